The van der Waals surface area contributed by atoms with Crippen molar-refractivity contribution in [2.24, 2.45) is 4.99 Å². The van der Waals surface area contributed by atoms with Crippen LogP contribution in [-0.2, 0) is 19.4 Å². The maximum absolute atomic E-state index is 5.77. The molecule has 0 saturated carbocycles. The van der Waals surface area contributed by atoms with Gasteiger partial charge in [0.1, 0.15) is 17.3 Å². The second-order valence-corrected chi connectivity index (χ2v) is 5.35. The van der Waals surface area contributed by atoms with Crippen LogP contribution in [0, 0.1) is 0 Å². The molecule has 2 N–H and O–H groups in total. The zero-order valence-corrected chi connectivity index (χ0v) is 14.2. The quantitative estimate of drug-likeness (QED) is 0.453. The number of pyridine rings is 1. The van der Waals surface area contributed by atoms with Crippen LogP contribution in [0.1, 0.15) is 18.3 Å². The molecule has 8 heteroatoms. The van der Waals surface area contributed by atoms with Crippen LogP contribution in [0.25, 0.3) is 0 Å². The molecule has 0 aromatic carbocycles. The van der Waals surface area contributed by atoms with E-state index in [1.165, 1.54) is 0 Å². The predicted octanol–water partition coefficient (Wildman–Crippen LogP) is 1.30. The Hall–Kier alpha value is -2.15. The standard InChI is InChI=1S/C15H22ClN7/c1-3-14-22-21-11-23(14)9-8-19-15(17-2)18-7-6-12-4-5-13(16)20-10-12/h4-5,10-11H,3,6-9H2,1-2H3,(H2,17,18,19). The summed E-state index contributed by atoms with van der Waals surface area (Å²) < 4.78 is 2.04. The summed E-state index contributed by atoms with van der Waals surface area (Å²) >= 11 is 5.77. The molecule has 0 aliphatic carbocycles. The molecule has 2 aromatic heterocycles. The van der Waals surface area contributed by atoms with Crippen molar-refractivity contribution in [1.82, 2.24) is 30.4 Å². The smallest absolute Gasteiger partial charge is 0.191 e. The monoisotopic (exact) mass is 335 g/mol. The number of rotatable bonds is 7. The molecule has 7 nitrogen and oxygen atoms in total. The first-order valence-electron chi connectivity index (χ1n) is 7.64. The van der Waals surface area contributed by atoms with E-state index in [4.69, 9.17) is 11.6 Å². The lowest BCUT2D eigenvalue weighted by molar-refractivity contribution is 0.632. The largest absolute Gasteiger partial charge is 0.356 e. The average molecular weight is 336 g/mol. The van der Waals surface area contributed by atoms with Crippen LogP contribution in [-0.4, -0.2) is 45.8 Å². The van der Waals surface area contributed by atoms with Crippen LogP contribution in [0.15, 0.2) is 29.6 Å². The molecule has 0 amide bonds. The van der Waals surface area contributed by atoms with Gasteiger partial charge in [0.25, 0.3) is 0 Å². The van der Waals surface area contributed by atoms with Crippen molar-refractivity contribution in [1.29, 1.82) is 0 Å². The van der Waals surface area contributed by atoms with Gasteiger partial charge in [-0.05, 0) is 18.1 Å². The molecule has 0 atom stereocenters. The van der Waals surface area contributed by atoms with Gasteiger partial charge in [-0.3, -0.25) is 4.99 Å². The predicted molar refractivity (Wildman–Crippen MR) is 91.7 cm³/mol. The maximum atomic E-state index is 5.77. The number of nitrogens with one attached hydrogen (secondary N) is 2. The molecule has 0 bridgehead atoms. The Bertz CT molecular complexity index is 621. The van der Waals surface area contributed by atoms with E-state index in [1.54, 1.807) is 25.6 Å². The van der Waals surface area contributed by atoms with Gasteiger partial charge >= 0.3 is 0 Å². The van der Waals surface area contributed by atoms with Gasteiger partial charge in [-0.2, -0.15) is 0 Å². The second kappa shape index (κ2) is 9.09. The second-order valence-electron chi connectivity index (χ2n) is 4.96. The molecule has 0 aliphatic heterocycles. The molecule has 2 heterocycles. The van der Waals surface area contributed by atoms with Gasteiger partial charge in [0.2, 0.25) is 0 Å². The number of aryl methyl sites for hydroxylation is 1. The van der Waals surface area contributed by atoms with Crippen molar-refractivity contribution in [2.75, 3.05) is 20.1 Å². The van der Waals surface area contributed by atoms with E-state index in [1.807, 2.05) is 10.6 Å². The fraction of sp³-hybridized carbons (Fsp3) is 0.467. The lowest BCUT2D eigenvalue weighted by Gasteiger charge is -2.12. The summed E-state index contributed by atoms with van der Waals surface area (Å²) in [5.74, 6) is 1.77. The molecule has 0 saturated heterocycles. The summed E-state index contributed by atoms with van der Waals surface area (Å²) in [6, 6.07) is 3.78. The van der Waals surface area contributed by atoms with Crippen LogP contribution >= 0.6 is 11.6 Å². The summed E-state index contributed by atoms with van der Waals surface area (Å²) in [7, 11) is 1.76. The molecule has 2 rings (SSSR count). The van der Waals surface area contributed by atoms with Crippen LogP contribution in [0.5, 0.6) is 0 Å². The number of aliphatic imine (C=N–C) groups is 1. The van der Waals surface area contributed by atoms with Gasteiger partial charge in [-0.15, -0.1) is 10.2 Å². The highest BCUT2D eigenvalue weighted by Crippen LogP contribution is 2.05. The van der Waals surface area contributed by atoms with E-state index >= 15 is 0 Å². The zero-order chi connectivity index (χ0) is 16.5. The fourth-order valence-corrected chi connectivity index (χ4v) is 2.25. The number of hydrogen-bond donors (Lipinski definition) is 2. The summed E-state index contributed by atoms with van der Waals surface area (Å²) in [5, 5.41) is 15.1. The van der Waals surface area contributed by atoms with Gasteiger partial charge < -0.3 is 15.2 Å². The van der Waals surface area contributed by atoms with Crippen molar-refractivity contribution in [2.45, 2.75) is 26.3 Å². The minimum absolute atomic E-state index is 0.514. The first-order chi connectivity index (χ1) is 11.2. The van der Waals surface area contributed by atoms with Crippen LogP contribution < -0.4 is 10.6 Å². The van der Waals surface area contributed by atoms with Crippen molar-refractivity contribution in [3.63, 3.8) is 0 Å². The Morgan fingerprint density at radius 1 is 1.30 bits per heavy atom. The molecule has 0 aliphatic rings. The molecule has 23 heavy (non-hydrogen) atoms. The third kappa shape index (κ3) is 5.52. The van der Waals surface area contributed by atoms with Crippen LogP contribution in [0.2, 0.25) is 5.15 Å². The number of nitrogens with zero attached hydrogens (tertiary/aromatic N) is 5. The van der Waals surface area contributed by atoms with Gasteiger partial charge in [0.05, 0.1) is 0 Å². The Morgan fingerprint density at radius 3 is 2.83 bits per heavy atom. The first kappa shape index (κ1) is 17.2. The molecule has 0 spiro atoms. The SMILES string of the molecule is CCc1nncn1CCNC(=NC)NCCc1ccc(Cl)nc1. The summed E-state index contributed by atoms with van der Waals surface area (Å²) in [6.07, 6.45) is 5.28. The third-order valence-corrected chi connectivity index (χ3v) is 3.60. The Kier molecular flexibility index (Phi) is 6.80. The topological polar surface area (TPSA) is 80.0 Å². The lowest BCUT2D eigenvalue weighted by Crippen LogP contribution is -2.39. The Morgan fingerprint density at radius 2 is 2.13 bits per heavy atom. The third-order valence-electron chi connectivity index (χ3n) is 3.38. The van der Waals surface area contributed by atoms with Crippen LogP contribution in [0.3, 0.4) is 0 Å². The van der Waals surface area contributed by atoms with Crippen molar-refractivity contribution >= 4 is 17.6 Å². The molecule has 124 valence electrons. The molecule has 2 aromatic rings. The van der Waals surface area contributed by atoms with E-state index in [-0.39, 0.29) is 0 Å². The highest BCUT2D eigenvalue weighted by Gasteiger charge is 2.02. The van der Waals surface area contributed by atoms with Gasteiger partial charge in [-0.1, -0.05) is 24.6 Å². The van der Waals surface area contributed by atoms with Gasteiger partial charge in [0.15, 0.2) is 5.96 Å². The van der Waals surface area contributed by atoms with Crippen molar-refractivity contribution in [3.8, 4) is 0 Å². The summed E-state index contributed by atoms with van der Waals surface area (Å²) in [4.78, 5) is 8.28. The van der Waals surface area contributed by atoms with Crippen LogP contribution in [0.4, 0.5) is 0 Å². The Labute approximate surface area is 141 Å². The van der Waals surface area contributed by atoms with E-state index < -0.39 is 0 Å². The summed E-state index contributed by atoms with van der Waals surface area (Å²) in [6.45, 7) is 4.40. The van der Waals surface area contributed by atoms with E-state index in [0.29, 0.717) is 5.15 Å². The molecule has 0 unspecified atom stereocenters. The highest BCUT2D eigenvalue weighted by atomic mass is 35.5. The zero-order valence-electron chi connectivity index (χ0n) is 13.5. The number of hydrogen-bond acceptors (Lipinski definition) is 4. The number of guanidine groups is 1. The number of halogens is 1. The fourth-order valence-electron chi connectivity index (χ4n) is 2.13. The lowest BCUT2D eigenvalue weighted by atomic mass is 10.2. The van der Waals surface area contributed by atoms with E-state index in [0.717, 1.165) is 49.8 Å². The minimum Gasteiger partial charge on any atom is -0.356 e. The molecule has 0 fully saturated rings. The van der Waals surface area contributed by atoms with Gasteiger partial charge in [-0.25, -0.2) is 4.98 Å². The van der Waals surface area contributed by atoms with Crippen molar-refractivity contribution in [3.05, 3.63) is 41.2 Å². The average Bonchev–Trinajstić information content (AvgIpc) is 3.02. The van der Waals surface area contributed by atoms with E-state index in [2.05, 4.69) is 37.7 Å². The van der Waals surface area contributed by atoms with E-state index in [9.17, 15) is 0 Å². The van der Waals surface area contributed by atoms with Crippen molar-refractivity contribution < 1.29 is 0 Å². The normalized spacial score (nSPS) is 11.5. The van der Waals surface area contributed by atoms with Gasteiger partial charge in [0, 0.05) is 39.3 Å². The summed E-state index contributed by atoms with van der Waals surface area (Å²) in [5.41, 5.74) is 1.13. The molecule has 0 radical (unpaired) electrons. The molecular weight excluding hydrogens is 314 g/mol. The first-order valence-corrected chi connectivity index (χ1v) is 8.02. The maximum Gasteiger partial charge on any atom is 0.191 e. The Balaban J connectivity index is 1.70. The highest BCUT2D eigenvalue weighted by molar-refractivity contribution is 6.29. The number of aromatic nitrogens is 4. The molecular formula is C15H22ClN7. The minimum atomic E-state index is 0.514.